The summed E-state index contributed by atoms with van der Waals surface area (Å²) < 4.78 is 0. The minimum atomic E-state index is -1.26. The third kappa shape index (κ3) is 7.83. The minimum Gasteiger partial charge on any atom is -0.478 e. The molecule has 0 unspecified atom stereocenters. The van der Waals surface area contributed by atoms with Gasteiger partial charge in [0.15, 0.2) is 0 Å². The van der Waals surface area contributed by atoms with Crippen LogP contribution in [0.3, 0.4) is 0 Å². The van der Waals surface area contributed by atoms with Crippen molar-refractivity contribution in [1.29, 1.82) is 0 Å². The van der Waals surface area contributed by atoms with Gasteiger partial charge in [0.2, 0.25) is 0 Å². The second-order valence-electron chi connectivity index (χ2n) is 8.58. The van der Waals surface area contributed by atoms with Crippen LogP contribution in [0.1, 0.15) is 30.5 Å². The molecule has 0 radical (unpaired) electrons. The Balaban J connectivity index is 0.000000350. The molecule has 3 aromatic rings. The fraction of sp³-hybridized carbons (Fsp3) is 0.286. The molecule has 1 aliphatic heterocycles. The number of benzene rings is 3. The van der Waals surface area contributed by atoms with E-state index in [0.29, 0.717) is 18.2 Å². The highest BCUT2D eigenvalue weighted by atomic mass is 16.4. The lowest BCUT2D eigenvalue weighted by molar-refractivity contribution is -0.134. The predicted molar refractivity (Wildman–Crippen MR) is 135 cm³/mol. The highest BCUT2D eigenvalue weighted by Gasteiger charge is 2.23. The summed E-state index contributed by atoms with van der Waals surface area (Å²) >= 11 is 0. The number of rotatable bonds is 8. The van der Waals surface area contributed by atoms with Crippen molar-refractivity contribution in [3.8, 4) is 0 Å². The highest BCUT2D eigenvalue weighted by Crippen LogP contribution is 2.25. The third-order valence-electron chi connectivity index (χ3n) is 5.99. The van der Waals surface area contributed by atoms with Gasteiger partial charge in [-0.15, -0.1) is 0 Å². The molecule has 178 valence electrons. The summed E-state index contributed by atoms with van der Waals surface area (Å²) in [6.45, 7) is 6.87. The van der Waals surface area contributed by atoms with Crippen molar-refractivity contribution in [3.63, 3.8) is 0 Å². The summed E-state index contributed by atoms with van der Waals surface area (Å²) in [4.78, 5) is 21.7. The van der Waals surface area contributed by atoms with Gasteiger partial charge in [0.1, 0.15) is 0 Å². The molecule has 3 aromatic carbocycles. The van der Waals surface area contributed by atoms with Gasteiger partial charge in [-0.2, -0.15) is 0 Å². The number of hydrogen-bond acceptors (Lipinski definition) is 4. The number of nitrogens with one attached hydrogen (secondary N) is 1. The molecule has 1 heterocycles. The first-order valence-corrected chi connectivity index (χ1v) is 11.5. The molecular weight excluding hydrogens is 428 g/mol. The first-order chi connectivity index (χ1) is 16.4. The summed E-state index contributed by atoms with van der Waals surface area (Å²) in [5.41, 5.74) is 2.83. The van der Waals surface area contributed by atoms with Crippen LogP contribution in [0.5, 0.6) is 0 Å². The monoisotopic (exact) mass is 460 g/mol. The SMILES string of the molecule is C[C@@H](NC[C@@H]1CCN(Cc2ccccc2)C1)c1cccc2ccccc12.O=C(O)/C=C/C(=O)O. The molecule has 0 saturated carbocycles. The van der Waals surface area contributed by atoms with Crippen molar-refractivity contribution >= 4 is 22.7 Å². The summed E-state index contributed by atoms with van der Waals surface area (Å²) in [5, 5.41) is 22.1. The predicted octanol–water partition coefficient (Wildman–Crippen LogP) is 4.72. The van der Waals surface area contributed by atoms with Gasteiger partial charge in [-0.05, 0) is 54.3 Å². The molecule has 6 nitrogen and oxygen atoms in total. The largest absolute Gasteiger partial charge is 0.478 e. The van der Waals surface area contributed by atoms with Gasteiger partial charge in [0, 0.05) is 31.3 Å². The van der Waals surface area contributed by atoms with Crippen molar-refractivity contribution in [3.05, 3.63) is 96.1 Å². The quantitative estimate of drug-likeness (QED) is 0.421. The lowest BCUT2D eigenvalue weighted by Gasteiger charge is -2.20. The molecule has 34 heavy (non-hydrogen) atoms. The van der Waals surface area contributed by atoms with Gasteiger partial charge < -0.3 is 15.5 Å². The normalized spacial score (nSPS) is 16.8. The zero-order valence-electron chi connectivity index (χ0n) is 19.4. The average molecular weight is 461 g/mol. The van der Waals surface area contributed by atoms with E-state index < -0.39 is 11.9 Å². The number of hydrogen-bond donors (Lipinski definition) is 3. The summed E-state index contributed by atoms with van der Waals surface area (Å²) in [7, 11) is 0. The van der Waals surface area contributed by atoms with Crippen molar-refractivity contribution in [1.82, 2.24) is 10.2 Å². The Labute approximate surface area is 200 Å². The number of carboxylic acid groups (broad SMARTS) is 2. The van der Waals surface area contributed by atoms with Crippen molar-refractivity contribution in [2.45, 2.75) is 25.9 Å². The number of carbonyl (C=O) groups is 2. The van der Waals surface area contributed by atoms with Gasteiger partial charge in [-0.1, -0.05) is 72.8 Å². The van der Waals surface area contributed by atoms with Crippen LogP contribution in [-0.4, -0.2) is 46.7 Å². The van der Waals surface area contributed by atoms with Crippen LogP contribution in [-0.2, 0) is 16.1 Å². The van der Waals surface area contributed by atoms with Gasteiger partial charge in [-0.3, -0.25) is 4.90 Å². The Hall–Kier alpha value is -3.48. The molecule has 2 atom stereocenters. The van der Waals surface area contributed by atoms with E-state index in [1.165, 1.54) is 41.4 Å². The number of likely N-dealkylation sites (tertiary alicyclic amines) is 1. The van der Waals surface area contributed by atoms with Crippen LogP contribution in [0.2, 0.25) is 0 Å². The molecular formula is C28H32N2O4. The van der Waals surface area contributed by atoms with E-state index in [9.17, 15) is 9.59 Å². The number of fused-ring (bicyclic) bond motifs is 1. The van der Waals surface area contributed by atoms with Crippen molar-refractivity contribution in [2.75, 3.05) is 19.6 Å². The minimum absolute atomic E-state index is 0.379. The first-order valence-electron chi connectivity index (χ1n) is 11.5. The van der Waals surface area contributed by atoms with E-state index >= 15 is 0 Å². The molecule has 0 aromatic heterocycles. The first kappa shape index (κ1) is 25.1. The smallest absolute Gasteiger partial charge is 0.328 e. The van der Waals surface area contributed by atoms with E-state index in [1.54, 1.807) is 0 Å². The fourth-order valence-corrected chi connectivity index (χ4v) is 4.29. The maximum atomic E-state index is 9.55. The molecule has 3 N–H and O–H groups in total. The van der Waals surface area contributed by atoms with Crippen molar-refractivity contribution < 1.29 is 19.8 Å². The fourth-order valence-electron chi connectivity index (χ4n) is 4.29. The molecule has 6 heteroatoms. The molecule has 0 bridgehead atoms. The maximum absolute atomic E-state index is 9.55. The van der Waals surface area contributed by atoms with Gasteiger partial charge >= 0.3 is 11.9 Å². The summed E-state index contributed by atoms with van der Waals surface area (Å²) in [6.07, 6.45) is 2.41. The zero-order chi connectivity index (χ0) is 24.3. The maximum Gasteiger partial charge on any atom is 0.328 e. The molecule has 0 spiro atoms. The topological polar surface area (TPSA) is 89.9 Å². The average Bonchev–Trinajstić information content (AvgIpc) is 3.29. The third-order valence-corrected chi connectivity index (χ3v) is 5.99. The lowest BCUT2D eigenvalue weighted by Crippen LogP contribution is -2.28. The second kappa shape index (κ2) is 12.7. The molecule has 1 fully saturated rings. The van der Waals surface area contributed by atoms with Crippen LogP contribution in [0, 0.1) is 5.92 Å². The Morgan fingerprint density at radius 1 is 0.971 bits per heavy atom. The molecule has 1 aliphatic rings. The van der Waals surface area contributed by atoms with Gasteiger partial charge in [0.25, 0.3) is 0 Å². The molecule has 1 saturated heterocycles. The second-order valence-corrected chi connectivity index (χ2v) is 8.58. The summed E-state index contributed by atoms with van der Waals surface area (Å²) in [5.74, 6) is -1.77. The number of nitrogens with zero attached hydrogens (tertiary/aromatic N) is 1. The van der Waals surface area contributed by atoms with Gasteiger partial charge in [0.05, 0.1) is 0 Å². The molecule has 0 aliphatic carbocycles. The van der Waals surface area contributed by atoms with E-state index in [-0.39, 0.29) is 0 Å². The van der Waals surface area contributed by atoms with E-state index in [0.717, 1.165) is 19.0 Å². The van der Waals surface area contributed by atoms with Crippen LogP contribution >= 0.6 is 0 Å². The van der Waals surface area contributed by atoms with E-state index in [2.05, 4.69) is 89.9 Å². The lowest BCUT2D eigenvalue weighted by atomic mass is 9.99. The standard InChI is InChI=1S/C24H28N2.C4H4O4/c1-19(23-13-7-11-22-10-5-6-12-24(22)23)25-16-21-14-15-26(18-21)17-20-8-3-2-4-9-20;5-3(6)1-2-4(7)8/h2-13,19,21,25H,14-18H2,1H3;1-2H,(H,5,6)(H,7,8)/b;2-1+/t19-,21+;/m1./s1. The van der Waals surface area contributed by atoms with Crippen LogP contribution in [0.25, 0.3) is 10.8 Å². The van der Waals surface area contributed by atoms with E-state index in [4.69, 9.17) is 10.2 Å². The Morgan fingerprint density at radius 2 is 1.62 bits per heavy atom. The summed E-state index contributed by atoms with van der Waals surface area (Å²) in [6, 6.07) is 26.5. The number of carboxylic acids is 2. The molecule has 0 amide bonds. The van der Waals surface area contributed by atoms with Crippen molar-refractivity contribution in [2.24, 2.45) is 5.92 Å². The Morgan fingerprint density at radius 3 is 2.32 bits per heavy atom. The van der Waals surface area contributed by atoms with Crippen LogP contribution in [0.15, 0.2) is 84.9 Å². The zero-order valence-corrected chi connectivity index (χ0v) is 19.4. The van der Waals surface area contributed by atoms with Crippen LogP contribution < -0.4 is 5.32 Å². The Bertz CT molecular complexity index is 1090. The Kier molecular flexibility index (Phi) is 9.38. The van der Waals surface area contributed by atoms with E-state index in [1.807, 2.05) is 0 Å². The van der Waals surface area contributed by atoms with Crippen LogP contribution in [0.4, 0.5) is 0 Å². The van der Waals surface area contributed by atoms with Gasteiger partial charge in [-0.25, -0.2) is 9.59 Å². The number of aliphatic carboxylic acids is 2. The molecule has 4 rings (SSSR count). The highest BCUT2D eigenvalue weighted by molar-refractivity contribution is 5.89.